The summed E-state index contributed by atoms with van der Waals surface area (Å²) in [6.07, 6.45) is 0. The molecule has 2 heteroatoms. The molecule has 0 radical (unpaired) electrons. The van der Waals surface area contributed by atoms with Gasteiger partial charge in [0.1, 0.15) is 5.82 Å². The van der Waals surface area contributed by atoms with Gasteiger partial charge in [0.15, 0.2) is 0 Å². The molecular weight excluding hydrogens is 141 g/mol. The molecule has 0 aliphatic carbocycles. The number of aryl methyl sites for hydroxylation is 1. The van der Waals surface area contributed by atoms with Crippen LogP contribution in [0.15, 0.2) is 18.2 Å². The van der Waals surface area contributed by atoms with Crippen LogP contribution >= 0.6 is 0 Å². The van der Waals surface area contributed by atoms with Gasteiger partial charge in [-0.1, -0.05) is 12.1 Å². The monoisotopic (exact) mass is 151 g/mol. The van der Waals surface area contributed by atoms with Gasteiger partial charge in [-0.25, -0.2) is 4.39 Å². The lowest BCUT2D eigenvalue weighted by Gasteiger charge is -2.03. The summed E-state index contributed by atoms with van der Waals surface area (Å²) in [5.74, 6) is -0.308. The minimum atomic E-state index is -0.308. The summed E-state index contributed by atoms with van der Waals surface area (Å²) >= 11 is 0. The lowest BCUT2D eigenvalue weighted by Crippen LogP contribution is -1.99. The maximum Gasteiger partial charge on any atom is 0.132 e. The predicted molar refractivity (Wildman–Crippen MR) is 43.6 cm³/mol. The standard InChI is InChI=1S/C9H10FN/c1-6-4-3-5-8(10)9(6)7(2)11/h3-5,11H,1-2H3. The Labute approximate surface area is 65.4 Å². The minimum absolute atomic E-state index is 0.278. The molecule has 11 heavy (non-hydrogen) atoms. The lowest BCUT2D eigenvalue weighted by atomic mass is 10.0. The topological polar surface area (TPSA) is 23.9 Å². The molecule has 1 rings (SSSR count). The Hall–Kier alpha value is -1.18. The van der Waals surface area contributed by atoms with Crippen molar-refractivity contribution in [1.29, 1.82) is 5.41 Å². The molecule has 0 aliphatic rings. The van der Waals surface area contributed by atoms with Gasteiger partial charge in [-0.05, 0) is 25.5 Å². The van der Waals surface area contributed by atoms with Crippen LogP contribution in [0.3, 0.4) is 0 Å². The predicted octanol–water partition coefficient (Wildman–Crippen LogP) is 2.52. The fraction of sp³-hybridized carbons (Fsp3) is 0.222. The van der Waals surface area contributed by atoms with E-state index >= 15 is 0 Å². The number of hydrogen-bond donors (Lipinski definition) is 1. The van der Waals surface area contributed by atoms with Gasteiger partial charge in [-0.2, -0.15) is 0 Å². The molecule has 0 unspecified atom stereocenters. The van der Waals surface area contributed by atoms with Crippen molar-refractivity contribution in [3.63, 3.8) is 0 Å². The summed E-state index contributed by atoms with van der Waals surface area (Å²) in [4.78, 5) is 0. The highest BCUT2D eigenvalue weighted by Crippen LogP contribution is 2.12. The maximum absolute atomic E-state index is 13.0. The number of halogens is 1. The van der Waals surface area contributed by atoms with Crippen molar-refractivity contribution in [1.82, 2.24) is 0 Å². The van der Waals surface area contributed by atoms with Gasteiger partial charge >= 0.3 is 0 Å². The molecule has 0 aromatic heterocycles. The van der Waals surface area contributed by atoms with Gasteiger partial charge in [0.2, 0.25) is 0 Å². The van der Waals surface area contributed by atoms with E-state index in [2.05, 4.69) is 0 Å². The zero-order valence-electron chi connectivity index (χ0n) is 6.61. The summed E-state index contributed by atoms with van der Waals surface area (Å²) in [5, 5.41) is 7.28. The van der Waals surface area contributed by atoms with Crippen LogP contribution in [0, 0.1) is 18.2 Å². The van der Waals surface area contributed by atoms with Crippen LogP contribution in [0.5, 0.6) is 0 Å². The second kappa shape index (κ2) is 2.82. The van der Waals surface area contributed by atoms with Crippen LogP contribution in [0.4, 0.5) is 4.39 Å². The number of rotatable bonds is 1. The molecule has 0 atom stereocenters. The Morgan fingerprint density at radius 2 is 2.09 bits per heavy atom. The highest BCUT2D eigenvalue weighted by Gasteiger charge is 2.05. The Balaban J connectivity index is 3.32. The highest BCUT2D eigenvalue weighted by atomic mass is 19.1. The molecular formula is C9H10FN. The fourth-order valence-corrected chi connectivity index (χ4v) is 1.11. The third-order valence-corrected chi connectivity index (χ3v) is 1.60. The molecule has 0 saturated carbocycles. The van der Waals surface area contributed by atoms with Crippen molar-refractivity contribution < 1.29 is 4.39 Å². The second-order valence-corrected chi connectivity index (χ2v) is 2.56. The molecule has 0 fully saturated rings. The van der Waals surface area contributed by atoms with Gasteiger partial charge in [-0.3, -0.25) is 0 Å². The van der Waals surface area contributed by atoms with Gasteiger partial charge in [0, 0.05) is 11.3 Å². The van der Waals surface area contributed by atoms with Crippen molar-refractivity contribution in [3.8, 4) is 0 Å². The zero-order chi connectivity index (χ0) is 8.43. The second-order valence-electron chi connectivity index (χ2n) is 2.56. The van der Waals surface area contributed by atoms with E-state index in [4.69, 9.17) is 5.41 Å². The van der Waals surface area contributed by atoms with Crippen LogP contribution in [0.1, 0.15) is 18.1 Å². The van der Waals surface area contributed by atoms with E-state index in [0.29, 0.717) is 5.56 Å². The first-order valence-corrected chi connectivity index (χ1v) is 3.43. The highest BCUT2D eigenvalue weighted by molar-refractivity contribution is 5.97. The Morgan fingerprint density at radius 3 is 2.45 bits per heavy atom. The molecule has 0 heterocycles. The largest absolute Gasteiger partial charge is 0.305 e. The third-order valence-electron chi connectivity index (χ3n) is 1.60. The van der Waals surface area contributed by atoms with Gasteiger partial charge < -0.3 is 5.41 Å². The van der Waals surface area contributed by atoms with Gasteiger partial charge in [-0.15, -0.1) is 0 Å². The van der Waals surface area contributed by atoms with E-state index in [1.807, 2.05) is 0 Å². The first-order valence-electron chi connectivity index (χ1n) is 3.43. The molecule has 0 amide bonds. The Kier molecular flexibility index (Phi) is 2.03. The van der Waals surface area contributed by atoms with Crippen LogP contribution in [0.25, 0.3) is 0 Å². The molecule has 0 spiro atoms. The molecule has 1 aromatic carbocycles. The van der Waals surface area contributed by atoms with E-state index < -0.39 is 0 Å². The van der Waals surface area contributed by atoms with Crippen LogP contribution in [-0.2, 0) is 0 Å². The molecule has 0 saturated heterocycles. The van der Waals surface area contributed by atoms with Crippen LogP contribution < -0.4 is 0 Å². The quantitative estimate of drug-likeness (QED) is 0.596. The number of benzene rings is 1. The minimum Gasteiger partial charge on any atom is -0.305 e. The molecule has 0 aliphatic heterocycles. The normalized spacial score (nSPS) is 9.73. The van der Waals surface area contributed by atoms with E-state index in [0.717, 1.165) is 5.56 Å². The van der Waals surface area contributed by atoms with Crippen molar-refractivity contribution in [3.05, 3.63) is 35.1 Å². The summed E-state index contributed by atoms with van der Waals surface area (Å²) in [6, 6.07) is 4.83. The number of hydrogen-bond acceptors (Lipinski definition) is 1. The van der Waals surface area contributed by atoms with Crippen molar-refractivity contribution in [2.75, 3.05) is 0 Å². The summed E-state index contributed by atoms with van der Waals surface area (Å²) in [6.45, 7) is 3.39. The average molecular weight is 151 g/mol. The first kappa shape index (κ1) is 7.92. The van der Waals surface area contributed by atoms with Gasteiger partial charge in [0.25, 0.3) is 0 Å². The number of nitrogens with one attached hydrogen (secondary N) is 1. The maximum atomic E-state index is 13.0. The summed E-state index contributed by atoms with van der Waals surface area (Å²) in [7, 11) is 0. The van der Waals surface area contributed by atoms with E-state index in [-0.39, 0.29) is 11.5 Å². The van der Waals surface area contributed by atoms with Gasteiger partial charge in [0.05, 0.1) is 0 Å². The summed E-state index contributed by atoms with van der Waals surface area (Å²) in [5.41, 5.74) is 1.52. The molecule has 0 bridgehead atoms. The SMILES string of the molecule is CC(=N)c1c(C)cccc1F. The van der Waals surface area contributed by atoms with E-state index in [1.54, 1.807) is 26.0 Å². The zero-order valence-corrected chi connectivity index (χ0v) is 6.61. The van der Waals surface area contributed by atoms with Crippen LogP contribution in [0.2, 0.25) is 0 Å². The lowest BCUT2D eigenvalue weighted by molar-refractivity contribution is 0.623. The molecule has 58 valence electrons. The van der Waals surface area contributed by atoms with E-state index in [9.17, 15) is 4.39 Å². The van der Waals surface area contributed by atoms with Crippen LogP contribution in [-0.4, -0.2) is 5.71 Å². The Bertz CT molecular complexity index is 271. The Morgan fingerprint density at radius 1 is 1.45 bits per heavy atom. The van der Waals surface area contributed by atoms with E-state index in [1.165, 1.54) is 6.07 Å². The average Bonchev–Trinajstić information content (AvgIpc) is 1.85. The van der Waals surface area contributed by atoms with Crippen molar-refractivity contribution in [2.24, 2.45) is 0 Å². The molecule has 1 nitrogen and oxygen atoms in total. The fourth-order valence-electron chi connectivity index (χ4n) is 1.11. The van der Waals surface area contributed by atoms with Crippen molar-refractivity contribution >= 4 is 5.71 Å². The molecule has 1 aromatic rings. The smallest absolute Gasteiger partial charge is 0.132 e. The third kappa shape index (κ3) is 1.45. The first-order chi connectivity index (χ1) is 5.13. The summed E-state index contributed by atoms with van der Waals surface area (Å²) < 4.78 is 13.0. The molecule has 1 N–H and O–H groups in total. The van der Waals surface area contributed by atoms with Crippen molar-refractivity contribution in [2.45, 2.75) is 13.8 Å².